The van der Waals surface area contributed by atoms with Crippen LogP contribution < -0.4 is 15.5 Å². The number of anilines is 2. The normalized spacial score (nSPS) is 16.9. The highest BCUT2D eigenvalue weighted by atomic mass is 35.5. The number of carbonyl (C=O) groups excluding carboxylic acids is 1. The second-order valence-corrected chi connectivity index (χ2v) is 11.6. The summed E-state index contributed by atoms with van der Waals surface area (Å²) in [5.41, 5.74) is 9.34. The van der Waals surface area contributed by atoms with E-state index in [2.05, 4.69) is 72.1 Å². The molecule has 0 aliphatic carbocycles. The van der Waals surface area contributed by atoms with Crippen LogP contribution in [0.15, 0.2) is 66.9 Å². The Bertz CT molecular complexity index is 1600. The van der Waals surface area contributed by atoms with E-state index in [1.165, 1.54) is 16.8 Å². The molecule has 0 radical (unpaired) electrons. The van der Waals surface area contributed by atoms with Crippen LogP contribution in [0.4, 0.5) is 11.4 Å². The van der Waals surface area contributed by atoms with Gasteiger partial charge in [-0.3, -0.25) is 9.78 Å². The third kappa shape index (κ3) is 5.11. The number of nitrogens with one attached hydrogen (secondary N) is 2. The van der Waals surface area contributed by atoms with Crippen molar-refractivity contribution in [1.82, 2.24) is 14.9 Å². The van der Waals surface area contributed by atoms with Gasteiger partial charge < -0.3 is 20.1 Å². The van der Waals surface area contributed by atoms with Gasteiger partial charge in [-0.05, 0) is 99.1 Å². The first-order chi connectivity index (χ1) is 19.1. The topological polar surface area (TPSA) is 62.2 Å². The van der Waals surface area contributed by atoms with E-state index in [0.29, 0.717) is 15.8 Å². The number of hydrogen-bond acceptors (Lipinski definition) is 3. The summed E-state index contributed by atoms with van der Waals surface area (Å²) in [5, 5.41) is 7.49. The number of aromatic nitrogens is 2. The maximum absolute atomic E-state index is 12.3. The van der Waals surface area contributed by atoms with E-state index in [9.17, 15) is 4.79 Å². The van der Waals surface area contributed by atoms with Gasteiger partial charge in [0.2, 0.25) is 5.91 Å². The van der Waals surface area contributed by atoms with Crippen molar-refractivity contribution < 1.29 is 4.79 Å². The fourth-order valence-electron chi connectivity index (χ4n) is 5.40. The maximum atomic E-state index is 12.3. The lowest BCUT2D eigenvalue weighted by Gasteiger charge is -2.28. The number of aryl methyl sites for hydroxylation is 3. The van der Waals surface area contributed by atoms with Crippen LogP contribution in [0.2, 0.25) is 5.02 Å². The molecular weight excluding hydrogens is 538 g/mol. The minimum atomic E-state index is -0.181. The van der Waals surface area contributed by atoms with Crippen molar-refractivity contribution >= 4 is 46.2 Å². The van der Waals surface area contributed by atoms with Crippen LogP contribution in [0.25, 0.3) is 5.69 Å². The average molecular weight is 572 g/mol. The van der Waals surface area contributed by atoms with Crippen LogP contribution in [0.5, 0.6) is 0 Å². The number of rotatable bonds is 6. The van der Waals surface area contributed by atoms with Gasteiger partial charge in [0.1, 0.15) is 0 Å². The highest BCUT2D eigenvalue weighted by molar-refractivity contribution is 7.80. The minimum Gasteiger partial charge on any atom is -0.351 e. The Balaban J connectivity index is 1.64. The molecule has 2 aromatic heterocycles. The van der Waals surface area contributed by atoms with Gasteiger partial charge in [0.15, 0.2) is 5.11 Å². The Labute approximate surface area is 246 Å². The van der Waals surface area contributed by atoms with Crippen molar-refractivity contribution in [3.05, 3.63) is 106 Å². The number of carbonyl (C=O) groups is 1. The number of amides is 1. The lowest BCUT2D eigenvalue weighted by Crippen LogP contribution is -2.29. The van der Waals surface area contributed by atoms with E-state index in [0.717, 1.165) is 28.3 Å². The van der Waals surface area contributed by atoms with Crippen molar-refractivity contribution in [1.29, 1.82) is 0 Å². The first-order valence-electron chi connectivity index (χ1n) is 13.4. The number of hydrogen-bond donors (Lipinski definition) is 2. The second kappa shape index (κ2) is 11.1. The molecule has 4 aromatic rings. The molecular formula is C32H34ClN5OS. The van der Waals surface area contributed by atoms with E-state index in [-0.39, 0.29) is 23.9 Å². The molecule has 3 heterocycles. The van der Waals surface area contributed by atoms with Crippen LogP contribution in [-0.2, 0) is 4.79 Å². The zero-order chi connectivity index (χ0) is 28.7. The third-order valence-corrected chi connectivity index (χ3v) is 8.13. The van der Waals surface area contributed by atoms with Crippen molar-refractivity contribution in [3.63, 3.8) is 0 Å². The van der Waals surface area contributed by atoms with Gasteiger partial charge in [-0.25, -0.2) is 0 Å². The lowest BCUT2D eigenvalue weighted by molar-refractivity contribution is -0.118. The third-order valence-electron chi connectivity index (χ3n) is 7.51. The summed E-state index contributed by atoms with van der Waals surface area (Å²) < 4.78 is 2.32. The maximum Gasteiger partial charge on any atom is 0.226 e. The molecule has 0 unspecified atom stereocenters. The molecule has 0 bridgehead atoms. The Morgan fingerprint density at radius 1 is 1.05 bits per heavy atom. The second-order valence-electron chi connectivity index (χ2n) is 10.8. The molecule has 8 heteroatoms. The predicted octanol–water partition coefficient (Wildman–Crippen LogP) is 7.53. The van der Waals surface area contributed by atoms with Gasteiger partial charge in [0, 0.05) is 34.9 Å². The van der Waals surface area contributed by atoms with Crippen LogP contribution in [0, 0.1) is 33.6 Å². The Morgan fingerprint density at radius 2 is 1.82 bits per heavy atom. The van der Waals surface area contributed by atoms with Crippen LogP contribution in [-0.4, -0.2) is 20.6 Å². The largest absolute Gasteiger partial charge is 0.351 e. The Hall–Kier alpha value is -3.68. The smallest absolute Gasteiger partial charge is 0.226 e. The number of thiocarbonyl (C=S) groups is 1. The molecule has 6 nitrogen and oxygen atoms in total. The van der Waals surface area contributed by atoms with Crippen LogP contribution in [0.1, 0.15) is 59.7 Å². The number of halogens is 1. The van der Waals surface area contributed by atoms with Gasteiger partial charge in [0.25, 0.3) is 0 Å². The Morgan fingerprint density at radius 3 is 2.50 bits per heavy atom. The van der Waals surface area contributed by atoms with Crippen molar-refractivity contribution in [3.8, 4) is 5.69 Å². The van der Waals surface area contributed by atoms with Gasteiger partial charge in [-0.2, -0.15) is 0 Å². The summed E-state index contributed by atoms with van der Waals surface area (Å²) in [6.07, 6.45) is 1.81. The molecule has 1 aliphatic heterocycles. The minimum absolute atomic E-state index is 0.0833. The predicted molar refractivity (Wildman–Crippen MR) is 168 cm³/mol. The molecule has 2 aromatic carbocycles. The Kier molecular flexibility index (Phi) is 7.71. The first kappa shape index (κ1) is 27.9. The molecule has 0 saturated carbocycles. The number of nitrogens with zero attached hydrogens (tertiary/aromatic N) is 3. The average Bonchev–Trinajstić information content (AvgIpc) is 3.41. The molecule has 0 spiro atoms. The highest BCUT2D eigenvalue weighted by Gasteiger charge is 2.42. The lowest BCUT2D eigenvalue weighted by atomic mass is 9.96. The highest BCUT2D eigenvalue weighted by Crippen LogP contribution is 2.45. The molecule has 1 aliphatic rings. The fraction of sp³-hybridized carbons (Fsp3) is 0.281. The standard InChI is InChI=1S/C32H34ClN5OS/c1-18(2)31(39)35-26-13-12-23(17-25(26)33)38-30(29(36-32(38)40)27-9-7-8-14-34-27)24-16-21(5)37(22(24)6)28-15-19(3)10-11-20(28)4/h7-18,29-30H,1-6H3,(H,35,39)(H,36,40)/t29-,30-/m1/s1. The van der Waals surface area contributed by atoms with Gasteiger partial charge in [-0.1, -0.05) is 43.6 Å². The quantitative estimate of drug-likeness (QED) is 0.234. The summed E-state index contributed by atoms with van der Waals surface area (Å²) in [6, 6.07) is 20.0. The van der Waals surface area contributed by atoms with Crippen molar-refractivity contribution in [2.45, 2.75) is 53.6 Å². The molecule has 1 amide bonds. The molecule has 40 heavy (non-hydrogen) atoms. The van der Waals surface area contributed by atoms with E-state index in [4.69, 9.17) is 28.8 Å². The van der Waals surface area contributed by atoms with Gasteiger partial charge in [-0.15, -0.1) is 0 Å². The van der Waals surface area contributed by atoms with E-state index in [1.807, 2.05) is 56.4 Å². The summed E-state index contributed by atoms with van der Waals surface area (Å²) >= 11 is 12.6. The molecule has 206 valence electrons. The monoisotopic (exact) mass is 571 g/mol. The van der Waals surface area contributed by atoms with E-state index in [1.54, 1.807) is 0 Å². The van der Waals surface area contributed by atoms with Crippen LogP contribution in [0.3, 0.4) is 0 Å². The SMILES string of the molecule is Cc1ccc(C)c(-n2c(C)cc([C@@H]3[C@@H](c4ccccn4)NC(=S)N3c3ccc(NC(=O)C(C)C)c(Cl)c3)c2C)c1. The molecule has 1 saturated heterocycles. The fourth-order valence-corrected chi connectivity index (χ4v) is 5.97. The van der Waals surface area contributed by atoms with Crippen molar-refractivity contribution in [2.75, 3.05) is 10.2 Å². The summed E-state index contributed by atoms with van der Waals surface area (Å²) in [5.74, 6) is -0.234. The molecule has 2 N–H and O–H groups in total. The van der Waals surface area contributed by atoms with Crippen molar-refractivity contribution in [2.24, 2.45) is 5.92 Å². The molecule has 2 atom stereocenters. The number of pyridine rings is 1. The zero-order valence-electron chi connectivity index (χ0n) is 23.6. The van der Waals surface area contributed by atoms with E-state index >= 15 is 0 Å². The molecule has 1 fully saturated rings. The first-order valence-corrected chi connectivity index (χ1v) is 14.2. The van der Waals surface area contributed by atoms with Crippen LogP contribution >= 0.6 is 23.8 Å². The summed E-state index contributed by atoms with van der Waals surface area (Å²) in [4.78, 5) is 19.1. The summed E-state index contributed by atoms with van der Waals surface area (Å²) in [7, 11) is 0. The zero-order valence-corrected chi connectivity index (χ0v) is 25.2. The van der Waals surface area contributed by atoms with Gasteiger partial charge in [0.05, 0.1) is 28.5 Å². The number of benzene rings is 2. The summed E-state index contributed by atoms with van der Waals surface area (Å²) in [6.45, 7) is 12.3. The van der Waals surface area contributed by atoms with Gasteiger partial charge >= 0.3 is 0 Å². The molecule has 5 rings (SSSR count). The van der Waals surface area contributed by atoms with E-state index < -0.39 is 0 Å².